The van der Waals surface area contributed by atoms with Crippen LogP contribution >= 0.6 is 11.6 Å². The number of hydrogen-bond donors (Lipinski definition) is 1. The topological polar surface area (TPSA) is 54.9 Å². The Hall–Kier alpha value is -2.72. The van der Waals surface area contributed by atoms with Crippen LogP contribution in [-0.4, -0.2) is 15.8 Å². The fourth-order valence-corrected chi connectivity index (χ4v) is 3.78. The Kier molecular flexibility index (Phi) is 4.66. The summed E-state index contributed by atoms with van der Waals surface area (Å²) in [5.74, 6) is 0.751. The maximum absolute atomic E-state index is 12.7. The molecule has 1 heterocycles. The normalized spacial score (nSPS) is 16.1. The van der Waals surface area contributed by atoms with Crippen LogP contribution < -0.4 is 5.32 Å². The highest BCUT2D eigenvalue weighted by Gasteiger charge is 2.29. The molecule has 0 amide bonds. The van der Waals surface area contributed by atoms with Crippen LogP contribution in [0.2, 0.25) is 5.02 Å². The Bertz CT molecular complexity index is 1010. The number of nitrogens with zero attached hydrogens (tertiary/aromatic N) is 2. The minimum Gasteiger partial charge on any atom is -0.324 e. The highest BCUT2D eigenvalue weighted by molar-refractivity contribution is 6.30. The number of benzene rings is 2. The van der Waals surface area contributed by atoms with Crippen molar-refractivity contribution in [3.05, 3.63) is 81.6 Å². The predicted molar refractivity (Wildman–Crippen MR) is 108 cm³/mol. The van der Waals surface area contributed by atoms with Gasteiger partial charge in [0.1, 0.15) is 0 Å². The van der Waals surface area contributed by atoms with Gasteiger partial charge in [-0.15, -0.1) is 0 Å². The first kappa shape index (κ1) is 17.7. The van der Waals surface area contributed by atoms with Crippen LogP contribution in [0.25, 0.3) is 0 Å². The van der Waals surface area contributed by atoms with Crippen molar-refractivity contribution in [3.63, 3.8) is 0 Å². The van der Waals surface area contributed by atoms with Crippen molar-refractivity contribution in [3.8, 4) is 0 Å². The largest absolute Gasteiger partial charge is 0.324 e. The van der Waals surface area contributed by atoms with Gasteiger partial charge in [0.25, 0.3) is 0 Å². The number of fused-ring (bicyclic) bond motifs is 1. The van der Waals surface area contributed by atoms with Gasteiger partial charge >= 0.3 is 0 Å². The number of hydrogen-bond acceptors (Lipinski definition) is 4. The maximum Gasteiger partial charge on any atom is 0.227 e. The molecule has 0 bridgehead atoms. The second-order valence-corrected chi connectivity index (χ2v) is 7.47. The summed E-state index contributed by atoms with van der Waals surface area (Å²) in [6.45, 7) is 3.92. The van der Waals surface area contributed by atoms with E-state index in [1.54, 1.807) is 0 Å². The molecule has 1 aliphatic rings. The van der Waals surface area contributed by atoms with Gasteiger partial charge in [0.05, 0.1) is 17.0 Å². The molecule has 4 nitrogen and oxygen atoms in total. The molecule has 2 aromatic carbocycles. The summed E-state index contributed by atoms with van der Waals surface area (Å²) in [4.78, 5) is 21.9. The van der Waals surface area contributed by atoms with Crippen LogP contribution in [0.5, 0.6) is 0 Å². The van der Waals surface area contributed by atoms with Gasteiger partial charge in [0.15, 0.2) is 5.78 Å². The summed E-state index contributed by atoms with van der Waals surface area (Å²) in [6, 6.07) is 15.8. The van der Waals surface area contributed by atoms with Gasteiger partial charge in [-0.05, 0) is 61.6 Å². The van der Waals surface area contributed by atoms with Crippen molar-refractivity contribution in [1.82, 2.24) is 9.97 Å². The Morgan fingerprint density at radius 1 is 1.04 bits per heavy atom. The van der Waals surface area contributed by atoms with E-state index < -0.39 is 0 Å². The smallest absolute Gasteiger partial charge is 0.227 e. The van der Waals surface area contributed by atoms with Gasteiger partial charge in [0, 0.05) is 17.1 Å². The molecule has 136 valence electrons. The molecule has 0 saturated heterocycles. The van der Waals surface area contributed by atoms with Crippen LogP contribution in [0.1, 0.15) is 45.2 Å². The number of Topliss-reactive ketones (excluding diaryl/α,β-unsaturated/α-hetero) is 1. The monoisotopic (exact) mass is 377 g/mol. The van der Waals surface area contributed by atoms with E-state index in [-0.39, 0.29) is 11.7 Å². The molecule has 27 heavy (non-hydrogen) atoms. The molecule has 1 unspecified atom stereocenters. The highest BCUT2D eigenvalue weighted by atomic mass is 35.5. The molecular formula is C22H20ClN3O. The number of halogens is 1. The molecule has 1 atom stereocenters. The van der Waals surface area contributed by atoms with E-state index in [9.17, 15) is 4.79 Å². The molecule has 1 aliphatic carbocycles. The number of carbonyl (C=O) groups is 1. The van der Waals surface area contributed by atoms with Crippen molar-refractivity contribution in [2.24, 2.45) is 0 Å². The third-order valence-corrected chi connectivity index (χ3v) is 5.18. The summed E-state index contributed by atoms with van der Waals surface area (Å²) in [7, 11) is 0. The van der Waals surface area contributed by atoms with Crippen molar-refractivity contribution in [2.75, 3.05) is 5.32 Å². The molecule has 0 spiro atoms. The van der Waals surface area contributed by atoms with Gasteiger partial charge in [-0.2, -0.15) is 0 Å². The van der Waals surface area contributed by atoms with Crippen LogP contribution in [0.3, 0.4) is 0 Å². The molecule has 0 aliphatic heterocycles. The average molecular weight is 378 g/mol. The van der Waals surface area contributed by atoms with E-state index in [2.05, 4.69) is 15.3 Å². The second kappa shape index (κ2) is 7.12. The van der Waals surface area contributed by atoms with Crippen LogP contribution in [0, 0.1) is 13.8 Å². The van der Waals surface area contributed by atoms with Gasteiger partial charge in [-0.3, -0.25) is 4.79 Å². The Labute approximate surface area is 163 Å². The minimum absolute atomic E-state index is 0.107. The lowest BCUT2D eigenvalue weighted by atomic mass is 9.81. The zero-order valence-electron chi connectivity index (χ0n) is 15.3. The summed E-state index contributed by atoms with van der Waals surface area (Å²) in [6.07, 6.45) is 1.19. The van der Waals surface area contributed by atoms with Gasteiger partial charge in [-0.1, -0.05) is 35.9 Å². The van der Waals surface area contributed by atoms with Crippen molar-refractivity contribution in [1.29, 1.82) is 0 Å². The molecule has 0 saturated carbocycles. The summed E-state index contributed by atoms with van der Waals surface area (Å²) >= 11 is 5.99. The van der Waals surface area contributed by atoms with Gasteiger partial charge < -0.3 is 5.32 Å². The number of anilines is 2. The number of rotatable bonds is 3. The van der Waals surface area contributed by atoms with Crippen molar-refractivity contribution >= 4 is 29.0 Å². The van der Waals surface area contributed by atoms with E-state index in [0.29, 0.717) is 29.4 Å². The lowest BCUT2D eigenvalue weighted by molar-refractivity contribution is 0.0962. The first-order valence-corrected chi connectivity index (χ1v) is 9.37. The van der Waals surface area contributed by atoms with E-state index in [1.807, 2.05) is 62.4 Å². The number of carbonyl (C=O) groups excluding carboxylic acids is 1. The Morgan fingerprint density at radius 2 is 1.81 bits per heavy atom. The summed E-state index contributed by atoms with van der Waals surface area (Å²) in [5.41, 5.74) is 5.43. The van der Waals surface area contributed by atoms with Gasteiger partial charge in [-0.25, -0.2) is 9.97 Å². The molecule has 0 fully saturated rings. The van der Waals surface area contributed by atoms with E-state index >= 15 is 0 Å². The first-order valence-electron chi connectivity index (χ1n) is 8.99. The minimum atomic E-state index is 0.107. The van der Waals surface area contributed by atoms with Crippen LogP contribution in [-0.2, 0) is 6.42 Å². The number of aryl methyl sites for hydroxylation is 2. The Balaban J connectivity index is 1.66. The van der Waals surface area contributed by atoms with Gasteiger partial charge in [0.2, 0.25) is 5.95 Å². The average Bonchev–Trinajstić information content (AvgIpc) is 2.61. The zero-order chi connectivity index (χ0) is 19.0. The standard InChI is InChI=1S/C22H20ClN3O/c1-13-4-3-5-18(10-13)25-22-24-14(2)21-19(26-22)11-16(12-20(21)27)15-6-8-17(23)9-7-15/h3-10,16H,11-12H2,1-2H3,(H,24,25,26). The quantitative estimate of drug-likeness (QED) is 0.663. The van der Waals surface area contributed by atoms with E-state index in [1.165, 1.54) is 0 Å². The van der Waals surface area contributed by atoms with Crippen LogP contribution in [0.15, 0.2) is 48.5 Å². The number of aromatic nitrogens is 2. The third kappa shape index (κ3) is 3.71. The van der Waals surface area contributed by atoms with Crippen molar-refractivity contribution in [2.45, 2.75) is 32.6 Å². The lowest BCUT2D eigenvalue weighted by Gasteiger charge is -2.24. The summed E-state index contributed by atoms with van der Waals surface area (Å²) < 4.78 is 0. The molecule has 5 heteroatoms. The molecule has 3 aromatic rings. The second-order valence-electron chi connectivity index (χ2n) is 7.03. The van der Waals surface area contributed by atoms with E-state index in [0.717, 1.165) is 28.2 Å². The fourth-order valence-electron chi connectivity index (χ4n) is 3.65. The molecular weight excluding hydrogens is 358 g/mol. The third-order valence-electron chi connectivity index (χ3n) is 4.93. The lowest BCUT2D eigenvalue weighted by Crippen LogP contribution is -2.22. The number of ketones is 1. The maximum atomic E-state index is 12.7. The molecule has 1 N–H and O–H groups in total. The molecule has 4 rings (SSSR count). The highest BCUT2D eigenvalue weighted by Crippen LogP contribution is 2.34. The molecule has 1 aromatic heterocycles. The predicted octanol–water partition coefficient (Wildman–Crippen LogP) is 5.40. The SMILES string of the molecule is Cc1cccc(Nc2nc(C)c3c(n2)CC(c2ccc(Cl)cc2)CC3=O)c1. The van der Waals surface area contributed by atoms with Crippen molar-refractivity contribution < 1.29 is 4.79 Å². The zero-order valence-corrected chi connectivity index (χ0v) is 16.0. The Morgan fingerprint density at radius 3 is 2.56 bits per heavy atom. The van der Waals surface area contributed by atoms with Crippen LogP contribution in [0.4, 0.5) is 11.6 Å². The van der Waals surface area contributed by atoms with E-state index in [4.69, 9.17) is 11.6 Å². The molecule has 0 radical (unpaired) electrons. The summed E-state index contributed by atoms with van der Waals surface area (Å²) in [5, 5.41) is 3.96. The fraction of sp³-hybridized carbons (Fsp3) is 0.227. The number of nitrogens with one attached hydrogen (secondary N) is 1. The first-order chi connectivity index (χ1) is 13.0.